The molecule has 6 nitrogen and oxygen atoms in total. The number of carboxylic acid groups (broad SMARTS) is 1. The first-order valence-corrected chi connectivity index (χ1v) is 5.23. The van der Waals surface area contributed by atoms with Crippen LogP contribution in [-0.4, -0.2) is 37.3 Å². The lowest BCUT2D eigenvalue weighted by atomic mass is 10.0. The molecule has 0 spiro atoms. The maximum absolute atomic E-state index is 11.2. The Labute approximate surface area is 104 Å². The number of carbonyl (C=O) groups excluding carboxylic acids is 1. The number of carboxylic acids is 1. The Morgan fingerprint density at radius 2 is 2.06 bits per heavy atom. The molecule has 0 unspecified atom stereocenters. The Balaban J connectivity index is 2.92. The molecule has 3 N–H and O–H groups in total. The molecule has 6 heteroatoms. The van der Waals surface area contributed by atoms with Gasteiger partial charge in [0.1, 0.15) is 17.4 Å². The summed E-state index contributed by atoms with van der Waals surface area (Å²) < 4.78 is 9.49. The fraction of sp³-hybridized carbons (Fsp3) is 0.333. The van der Waals surface area contributed by atoms with Gasteiger partial charge in [-0.1, -0.05) is 6.07 Å². The van der Waals surface area contributed by atoms with Crippen molar-refractivity contribution in [1.29, 1.82) is 0 Å². The van der Waals surface area contributed by atoms with Crippen LogP contribution in [0.4, 0.5) is 0 Å². The van der Waals surface area contributed by atoms with E-state index in [1.807, 2.05) is 0 Å². The van der Waals surface area contributed by atoms with Crippen LogP contribution in [-0.2, 0) is 16.0 Å². The molecule has 0 aliphatic heterocycles. The molecular formula is C12H15NO5. The van der Waals surface area contributed by atoms with E-state index in [9.17, 15) is 9.59 Å². The molecule has 0 saturated carbocycles. The molecule has 1 rings (SSSR count). The smallest absolute Gasteiger partial charge is 0.339 e. The third-order valence-corrected chi connectivity index (χ3v) is 2.46. The molecule has 98 valence electrons. The molecule has 1 atom stereocenters. The molecule has 0 radical (unpaired) electrons. The van der Waals surface area contributed by atoms with E-state index >= 15 is 0 Å². The summed E-state index contributed by atoms with van der Waals surface area (Å²) in [5.41, 5.74) is 6.38. The van der Waals surface area contributed by atoms with Crippen LogP contribution in [0.3, 0.4) is 0 Å². The molecule has 0 aliphatic carbocycles. The summed E-state index contributed by atoms with van der Waals surface area (Å²) in [5, 5.41) is 8.92. The van der Waals surface area contributed by atoms with Gasteiger partial charge in [0.2, 0.25) is 0 Å². The van der Waals surface area contributed by atoms with Gasteiger partial charge < -0.3 is 20.3 Å². The lowest BCUT2D eigenvalue weighted by Crippen LogP contribution is -2.33. The SMILES string of the molecule is COC(=O)[C@H](N)Cc1ccc(C(=O)O)c(OC)c1. The van der Waals surface area contributed by atoms with Gasteiger partial charge in [-0.05, 0) is 24.1 Å². The summed E-state index contributed by atoms with van der Waals surface area (Å²) in [6.45, 7) is 0. The van der Waals surface area contributed by atoms with E-state index in [-0.39, 0.29) is 17.7 Å². The molecule has 0 aromatic heterocycles. The van der Waals surface area contributed by atoms with Crippen LogP contribution >= 0.6 is 0 Å². The molecule has 0 bridgehead atoms. The van der Waals surface area contributed by atoms with Gasteiger partial charge >= 0.3 is 11.9 Å². The van der Waals surface area contributed by atoms with E-state index in [0.29, 0.717) is 5.56 Å². The summed E-state index contributed by atoms with van der Waals surface area (Å²) in [5.74, 6) is -1.36. The lowest BCUT2D eigenvalue weighted by Gasteiger charge is -2.11. The minimum atomic E-state index is -1.07. The van der Waals surface area contributed by atoms with Crippen LogP contribution in [0, 0.1) is 0 Å². The van der Waals surface area contributed by atoms with Crippen LogP contribution in [0.2, 0.25) is 0 Å². The second-order valence-electron chi connectivity index (χ2n) is 3.67. The number of aromatic carboxylic acids is 1. The topological polar surface area (TPSA) is 98.9 Å². The van der Waals surface area contributed by atoms with Gasteiger partial charge in [-0.25, -0.2) is 4.79 Å². The highest BCUT2D eigenvalue weighted by Crippen LogP contribution is 2.21. The summed E-state index contributed by atoms with van der Waals surface area (Å²) in [6.07, 6.45) is 0.253. The number of methoxy groups -OCH3 is 2. The van der Waals surface area contributed by atoms with Crippen molar-refractivity contribution in [2.45, 2.75) is 12.5 Å². The maximum atomic E-state index is 11.2. The molecule has 1 aromatic rings. The monoisotopic (exact) mass is 253 g/mol. The summed E-state index contributed by atoms with van der Waals surface area (Å²) in [6, 6.07) is 3.78. The average molecular weight is 253 g/mol. The van der Waals surface area contributed by atoms with Crippen molar-refractivity contribution < 1.29 is 24.2 Å². The van der Waals surface area contributed by atoms with Gasteiger partial charge in [0, 0.05) is 0 Å². The van der Waals surface area contributed by atoms with Crippen molar-refractivity contribution in [2.75, 3.05) is 14.2 Å². The Morgan fingerprint density at radius 3 is 2.56 bits per heavy atom. The third kappa shape index (κ3) is 3.21. The first-order valence-electron chi connectivity index (χ1n) is 5.23. The first kappa shape index (κ1) is 14.0. The second-order valence-corrected chi connectivity index (χ2v) is 3.67. The van der Waals surface area contributed by atoms with E-state index in [2.05, 4.69) is 4.74 Å². The predicted molar refractivity (Wildman–Crippen MR) is 63.6 cm³/mol. The zero-order valence-corrected chi connectivity index (χ0v) is 10.2. The average Bonchev–Trinajstić information content (AvgIpc) is 2.37. The highest BCUT2D eigenvalue weighted by molar-refractivity contribution is 5.91. The highest BCUT2D eigenvalue weighted by Gasteiger charge is 2.16. The number of carbonyl (C=O) groups is 2. The van der Waals surface area contributed by atoms with Crippen molar-refractivity contribution in [3.63, 3.8) is 0 Å². The number of rotatable bonds is 5. The van der Waals surface area contributed by atoms with Crippen molar-refractivity contribution in [3.8, 4) is 5.75 Å². The number of benzene rings is 1. The zero-order valence-electron chi connectivity index (χ0n) is 10.2. The standard InChI is InChI=1S/C12H15NO5/c1-17-10-6-7(3-4-8(10)11(14)15)5-9(13)12(16)18-2/h3-4,6,9H,5,13H2,1-2H3,(H,14,15)/t9-/m1/s1. The summed E-state index contributed by atoms with van der Waals surface area (Å²) in [4.78, 5) is 22.1. The quantitative estimate of drug-likeness (QED) is 0.738. The van der Waals surface area contributed by atoms with Gasteiger partial charge in [-0.15, -0.1) is 0 Å². The summed E-state index contributed by atoms with van der Waals surface area (Å²) in [7, 11) is 2.64. The van der Waals surface area contributed by atoms with Gasteiger partial charge in [0.05, 0.1) is 14.2 Å². The molecule has 0 fully saturated rings. The first-order chi connectivity index (χ1) is 8.49. The van der Waals surface area contributed by atoms with Crippen molar-refractivity contribution in [2.24, 2.45) is 5.73 Å². The van der Waals surface area contributed by atoms with Gasteiger partial charge in [0.15, 0.2) is 0 Å². The van der Waals surface area contributed by atoms with Crippen LogP contribution in [0.1, 0.15) is 15.9 Å². The van der Waals surface area contributed by atoms with Crippen LogP contribution in [0.5, 0.6) is 5.75 Å². The number of nitrogens with two attached hydrogens (primary N) is 1. The minimum absolute atomic E-state index is 0.0629. The fourth-order valence-corrected chi connectivity index (χ4v) is 1.53. The van der Waals surface area contributed by atoms with E-state index in [0.717, 1.165) is 0 Å². The number of ether oxygens (including phenoxy) is 2. The summed E-state index contributed by atoms with van der Waals surface area (Å²) >= 11 is 0. The van der Waals surface area contributed by atoms with Crippen molar-refractivity contribution in [1.82, 2.24) is 0 Å². The third-order valence-electron chi connectivity index (χ3n) is 2.46. The molecule has 0 amide bonds. The van der Waals surface area contributed by atoms with E-state index in [1.165, 1.54) is 20.3 Å². The zero-order chi connectivity index (χ0) is 13.7. The Morgan fingerprint density at radius 1 is 1.39 bits per heavy atom. The molecule has 1 aromatic carbocycles. The molecule has 18 heavy (non-hydrogen) atoms. The normalized spacial score (nSPS) is 11.7. The number of hydrogen-bond acceptors (Lipinski definition) is 5. The van der Waals surface area contributed by atoms with Crippen LogP contribution in [0.25, 0.3) is 0 Å². The van der Waals surface area contributed by atoms with Gasteiger partial charge in [-0.3, -0.25) is 4.79 Å². The predicted octanol–water partition coefficient (Wildman–Crippen LogP) is 0.436. The second kappa shape index (κ2) is 6.02. The number of esters is 1. The van der Waals surface area contributed by atoms with E-state index in [1.54, 1.807) is 12.1 Å². The molecular weight excluding hydrogens is 238 g/mol. The van der Waals surface area contributed by atoms with E-state index < -0.39 is 18.0 Å². The van der Waals surface area contributed by atoms with Crippen molar-refractivity contribution >= 4 is 11.9 Å². The fourth-order valence-electron chi connectivity index (χ4n) is 1.53. The lowest BCUT2D eigenvalue weighted by molar-refractivity contribution is -0.142. The Kier molecular flexibility index (Phi) is 4.67. The molecule has 0 saturated heterocycles. The van der Waals surface area contributed by atoms with Gasteiger partial charge in [-0.2, -0.15) is 0 Å². The molecule has 0 aliphatic rings. The molecule has 0 heterocycles. The Bertz CT molecular complexity index is 458. The maximum Gasteiger partial charge on any atom is 0.339 e. The Hall–Kier alpha value is -2.08. The number of hydrogen-bond donors (Lipinski definition) is 2. The highest BCUT2D eigenvalue weighted by atomic mass is 16.5. The van der Waals surface area contributed by atoms with E-state index in [4.69, 9.17) is 15.6 Å². The largest absolute Gasteiger partial charge is 0.496 e. The van der Waals surface area contributed by atoms with Crippen molar-refractivity contribution in [3.05, 3.63) is 29.3 Å². The van der Waals surface area contributed by atoms with Crippen LogP contribution < -0.4 is 10.5 Å². The van der Waals surface area contributed by atoms with Gasteiger partial charge in [0.25, 0.3) is 0 Å². The minimum Gasteiger partial charge on any atom is -0.496 e. The van der Waals surface area contributed by atoms with Crippen LogP contribution in [0.15, 0.2) is 18.2 Å².